The van der Waals surface area contributed by atoms with Gasteiger partial charge in [-0.05, 0) is 50.6 Å². The van der Waals surface area contributed by atoms with Crippen molar-refractivity contribution in [3.63, 3.8) is 0 Å². The van der Waals surface area contributed by atoms with Gasteiger partial charge in [0.2, 0.25) is 11.8 Å². The van der Waals surface area contributed by atoms with Gasteiger partial charge in [0.25, 0.3) is 11.8 Å². The number of hydrogen-bond acceptors (Lipinski definition) is 5. The van der Waals surface area contributed by atoms with E-state index in [1.54, 1.807) is 18.2 Å². The second-order valence-electron chi connectivity index (χ2n) is 7.00. The van der Waals surface area contributed by atoms with E-state index < -0.39 is 23.8 Å². The lowest BCUT2D eigenvalue weighted by molar-refractivity contribution is -0.136. The molecule has 0 bridgehead atoms. The van der Waals surface area contributed by atoms with Crippen LogP contribution in [0.5, 0.6) is 0 Å². The number of benzene rings is 1. The van der Waals surface area contributed by atoms with E-state index in [9.17, 15) is 19.2 Å². The standard InChI is InChI=1S/C20H19N3O4/c24-17-6-5-16(18(25)22-17)23-19(26)14-4-3-13(11-15(14)20(23)27)2-1-12-7-9-21-10-8-12/h3-4,11-12,16,21H,5-10H2,(H,22,24,25). The Morgan fingerprint density at radius 2 is 1.70 bits per heavy atom. The molecule has 0 spiro atoms. The molecule has 0 saturated carbocycles. The van der Waals surface area contributed by atoms with Gasteiger partial charge in [-0.3, -0.25) is 29.4 Å². The summed E-state index contributed by atoms with van der Waals surface area (Å²) in [7, 11) is 0. The second-order valence-corrected chi connectivity index (χ2v) is 7.00. The van der Waals surface area contributed by atoms with E-state index in [2.05, 4.69) is 22.5 Å². The first-order chi connectivity index (χ1) is 13.0. The van der Waals surface area contributed by atoms with Gasteiger partial charge in [-0.1, -0.05) is 11.8 Å². The van der Waals surface area contributed by atoms with Gasteiger partial charge in [-0.15, -0.1) is 0 Å². The van der Waals surface area contributed by atoms with Gasteiger partial charge < -0.3 is 5.32 Å². The Bertz CT molecular complexity index is 906. The lowest BCUT2D eigenvalue weighted by atomic mass is 9.98. The van der Waals surface area contributed by atoms with Crippen molar-refractivity contribution in [3.05, 3.63) is 34.9 Å². The molecule has 0 aliphatic carbocycles. The maximum Gasteiger partial charge on any atom is 0.262 e. The summed E-state index contributed by atoms with van der Waals surface area (Å²) in [4.78, 5) is 49.8. The van der Waals surface area contributed by atoms with Crippen molar-refractivity contribution < 1.29 is 19.2 Å². The zero-order valence-corrected chi connectivity index (χ0v) is 14.7. The summed E-state index contributed by atoms with van der Waals surface area (Å²) in [6, 6.07) is 3.99. The Morgan fingerprint density at radius 3 is 2.44 bits per heavy atom. The fourth-order valence-corrected chi connectivity index (χ4v) is 3.70. The Morgan fingerprint density at radius 1 is 0.963 bits per heavy atom. The first-order valence-electron chi connectivity index (χ1n) is 9.12. The Hall–Kier alpha value is -2.98. The molecule has 0 radical (unpaired) electrons. The number of hydrogen-bond donors (Lipinski definition) is 2. The molecule has 3 heterocycles. The molecule has 1 atom stereocenters. The highest BCUT2D eigenvalue weighted by atomic mass is 16.2. The monoisotopic (exact) mass is 365 g/mol. The third-order valence-corrected chi connectivity index (χ3v) is 5.20. The molecular formula is C20H19N3O4. The van der Waals surface area contributed by atoms with Crippen LogP contribution in [-0.2, 0) is 9.59 Å². The highest BCUT2D eigenvalue weighted by molar-refractivity contribution is 6.23. The molecule has 3 aliphatic heterocycles. The van der Waals surface area contributed by atoms with Gasteiger partial charge in [-0.2, -0.15) is 0 Å². The summed E-state index contributed by atoms with van der Waals surface area (Å²) in [5.74, 6) is 4.68. The van der Waals surface area contributed by atoms with Crippen LogP contribution in [0.1, 0.15) is 52.0 Å². The molecule has 4 rings (SSSR count). The fourth-order valence-electron chi connectivity index (χ4n) is 3.70. The molecule has 1 unspecified atom stereocenters. The predicted molar refractivity (Wildman–Crippen MR) is 95.6 cm³/mol. The van der Waals surface area contributed by atoms with Crippen LogP contribution in [-0.4, -0.2) is 47.7 Å². The van der Waals surface area contributed by atoms with Crippen LogP contribution in [0.15, 0.2) is 18.2 Å². The van der Waals surface area contributed by atoms with Gasteiger partial charge in [0, 0.05) is 17.9 Å². The Kier molecular flexibility index (Phi) is 4.50. The van der Waals surface area contributed by atoms with Crippen LogP contribution < -0.4 is 10.6 Å². The van der Waals surface area contributed by atoms with Gasteiger partial charge in [0.1, 0.15) is 6.04 Å². The fraction of sp³-hybridized carbons (Fsp3) is 0.400. The number of piperidine rings is 2. The van der Waals surface area contributed by atoms with E-state index in [1.165, 1.54) is 0 Å². The smallest absolute Gasteiger partial charge is 0.262 e. The third-order valence-electron chi connectivity index (χ3n) is 5.20. The van der Waals surface area contributed by atoms with Gasteiger partial charge >= 0.3 is 0 Å². The van der Waals surface area contributed by atoms with E-state index in [0.29, 0.717) is 11.5 Å². The van der Waals surface area contributed by atoms with E-state index >= 15 is 0 Å². The minimum absolute atomic E-state index is 0.108. The van der Waals surface area contributed by atoms with E-state index in [0.717, 1.165) is 30.8 Å². The first-order valence-corrected chi connectivity index (χ1v) is 9.12. The highest BCUT2D eigenvalue weighted by Gasteiger charge is 2.44. The molecule has 2 saturated heterocycles. The predicted octanol–water partition coefficient (Wildman–Crippen LogP) is 0.439. The van der Waals surface area contributed by atoms with Gasteiger partial charge in [0.15, 0.2) is 0 Å². The molecule has 27 heavy (non-hydrogen) atoms. The molecule has 3 aliphatic rings. The highest BCUT2D eigenvalue weighted by Crippen LogP contribution is 2.28. The van der Waals surface area contributed by atoms with Crippen molar-refractivity contribution in [1.82, 2.24) is 15.5 Å². The van der Waals surface area contributed by atoms with Crippen molar-refractivity contribution in [2.24, 2.45) is 5.92 Å². The lowest BCUT2D eigenvalue weighted by Gasteiger charge is -2.27. The summed E-state index contributed by atoms with van der Waals surface area (Å²) < 4.78 is 0. The van der Waals surface area contributed by atoms with Crippen molar-refractivity contribution in [3.8, 4) is 11.8 Å². The van der Waals surface area contributed by atoms with E-state index in [-0.39, 0.29) is 29.9 Å². The van der Waals surface area contributed by atoms with Crippen LogP contribution in [0.4, 0.5) is 0 Å². The number of imide groups is 2. The van der Waals surface area contributed by atoms with Gasteiger partial charge in [0.05, 0.1) is 11.1 Å². The summed E-state index contributed by atoms with van der Waals surface area (Å²) in [6.45, 7) is 1.91. The van der Waals surface area contributed by atoms with Crippen molar-refractivity contribution >= 4 is 23.6 Å². The molecule has 1 aromatic carbocycles. The Balaban J connectivity index is 1.57. The quantitative estimate of drug-likeness (QED) is 0.556. The Labute approximate surface area is 156 Å². The minimum atomic E-state index is -0.945. The third kappa shape index (κ3) is 3.24. The molecule has 7 nitrogen and oxygen atoms in total. The summed E-state index contributed by atoms with van der Waals surface area (Å²) in [5.41, 5.74) is 1.22. The van der Waals surface area contributed by atoms with Crippen molar-refractivity contribution in [2.45, 2.75) is 31.7 Å². The second kappa shape index (κ2) is 6.97. The zero-order valence-electron chi connectivity index (χ0n) is 14.7. The van der Waals surface area contributed by atoms with Crippen LogP contribution in [0.3, 0.4) is 0 Å². The summed E-state index contributed by atoms with van der Waals surface area (Å²) in [6.07, 6.45) is 2.26. The number of nitrogens with zero attached hydrogens (tertiary/aromatic N) is 1. The number of carbonyl (C=O) groups excluding carboxylic acids is 4. The van der Waals surface area contributed by atoms with Crippen LogP contribution in [0, 0.1) is 17.8 Å². The van der Waals surface area contributed by atoms with Crippen LogP contribution in [0.2, 0.25) is 0 Å². The molecule has 138 valence electrons. The number of amides is 4. The molecular weight excluding hydrogens is 346 g/mol. The van der Waals surface area contributed by atoms with E-state index in [1.807, 2.05) is 0 Å². The normalized spacial score (nSPS) is 23.0. The average molecular weight is 365 g/mol. The number of fused-ring (bicyclic) bond motifs is 1. The molecule has 2 fully saturated rings. The molecule has 4 amide bonds. The van der Waals surface area contributed by atoms with Crippen molar-refractivity contribution in [2.75, 3.05) is 13.1 Å². The molecule has 7 heteroatoms. The van der Waals surface area contributed by atoms with Crippen molar-refractivity contribution in [1.29, 1.82) is 0 Å². The number of rotatable bonds is 1. The molecule has 2 N–H and O–H groups in total. The largest absolute Gasteiger partial charge is 0.317 e. The molecule has 0 aromatic heterocycles. The number of nitrogens with one attached hydrogen (secondary N) is 2. The summed E-state index contributed by atoms with van der Waals surface area (Å²) in [5, 5.41) is 5.48. The van der Waals surface area contributed by atoms with Gasteiger partial charge in [-0.25, -0.2) is 0 Å². The number of carbonyl (C=O) groups is 4. The lowest BCUT2D eigenvalue weighted by Crippen LogP contribution is -2.54. The average Bonchev–Trinajstić information content (AvgIpc) is 2.92. The van der Waals surface area contributed by atoms with Crippen LogP contribution >= 0.6 is 0 Å². The maximum atomic E-state index is 12.8. The zero-order chi connectivity index (χ0) is 19.0. The first kappa shape index (κ1) is 17.4. The SMILES string of the molecule is O=C1CCC(N2C(=O)c3ccc(C#CC4CCNCC4)cc3C2=O)C(=O)N1. The minimum Gasteiger partial charge on any atom is -0.317 e. The van der Waals surface area contributed by atoms with E-state index in [4.69, 9.17) is 0 Å². The topological polar surface area (TPSA) is 95.6 Å². The maximum absolute atomic E-state index is 12.8. The van der Waals surface area contributed by atoms with Crippen LogP contribution in [0.25, 0.3) is 0 Å². The molecule has 1 aromatic rings. The summed E-state index contributed by atoms with van der Waals surface area (Å²) >= 11 is 0.